The third-order valence-electron chi connectivity index (χ3n) is 10.3. The number of nitrogens with zero attached hydrogens (tertiary/aromatic N) is 2. The SMILES string of the molecule is O=C1NS(=O)(=O)N(CC2CCO2)CC/C=C/[C@H](O)[C@@H]2CC[C@H]2CN2C[C@@]3(CCCc4cc(Cl)ccc43)COc3ccc1cc32. The maximum atomic E-state index is 13.5. The minimum Gasteiger partial charge on any atom is -0.490 e. The Morgan fingerprint density at radius 2 is 2.00 bits per heavy atom. The van der Waals surface area contributed by atoms with Crippen LogP contribution in [0.3, 0.4) is 0 Å². The number of aliphatic hydroxyl groups excluding tert-OH is 1. The van der Waals surface area contributed by atoms with E-state index in [1.807, 2.05) is 18.2 Å². The summed E-state index contributed by atoms with van der Waals surface area (Å²) in [6.07, 6.45) is 8.95. The molecule has 2 aliphatic carbocycles. The van der Waals surface area contributed by atoms with Crippen LogP contribution in [0.2, 0.25) is 5.02 Å². The Kier molecular flexibility index (Phi) is 8.16. The molecule has 2 bridgehead atoms. The Hall–Kier alpha value is -2.63. The molecule has 7 rings (SSSR count). The largest absolute Gasteiger partial charge is 0.490 e. The Morgan fingerprint density at radius 3 is 2.77 bits per heavy atom. The standard InChI is InChI=1S/C33H40ClN3O6S/c34-25-8-10-28-22(16-25)4-3-13-33(28)20-36-18-24-6-9-27(24)30(38)5-1-2-14-37(19-26-12-15-42-26)44(40,41)35-32(39)23-7-11-31(43-21-33)29(36)17-23/h1,5,7-8,10-11,16-17,24,26-27,30,38H,2-4,6,9,12-15,18-21H2,(H,35,39)/b5-1+/t24-,26?,27+,30-,33-/m0/s1. The van der Waals surface area contributed by atoms with Crippen molar-refractivity contribution < 1.29 is 27.8 Å². The zero-order valence-corrected chi connectivity index (χ0v) is 26.4. The van der Waals surface area contributed by atoms with Gasteiger partial charge >= 0.3 is 10.2 Å². The summed E-state index contributed by atoms with van der Waals surface area (Å²) < 4.78 is 42.6. The number of anilines is 1. The van der Waals surface area contributed by atoms with Crippen molar-refractivity contribution in [2.45, 2.75) is 62.6 Å². The summed E-state index contributed by atoms with van der Waals surface area (Å²) in [5, 5.41) is 11.9. The molecule has 2 N–H and O–H groups in total. The second-order valence-electron chi connectivity index (χ2n) is 13.1. The summed E-state index contributed by atoms with van der Waals surface area (Å²) >= 11 is 6.40. The molecular formula is C33H40ClN3O6S. The van der Waals surface area contributed by atoms with Gasteiger partial charge in [0.15, 0.2) is 0 Å². The van der Waals surface area contributed by atoms with E-state index in [9.17, 15) is 18.3 Å². The van der Waals surface area contributed by atoms with Gasteiger partial charge in [0.05, 0.1) is 24.5 Å². The van der Waals surface area contributed by atoms with E-state index in [-0.39, 0.29) is 42.0 Å². The Balaban J connectivity index is 1.26. The maximum Gasteiger partial charge on any atom is 0.304 e. The van der Waals surface area contributed by atoms with Crippen molar-refractivity contribution >= 4 is 33.4 Å². The molecule has 5 aliphatic rings. The number of halogens is 1. The average molecular weight is 642 g/mol. The number of hydrogen-bond acceptors (Lipinski definition) is 7. The zero-order chi connectivity index (χ0) is 30.5. The maximum absolute atomic E-state index is 13.5. The lowest BCUT2D eigenvalue weighted by Crippen LogP contribution is -2.50. The lowest BCUT2D eigenvalue weighted by molar-refractivity contribution is -0.0574. The number of aliphatic hydroxyl groups is 1. The van der Waals surface area contributed by atoms with Gasteiger partial charge in [-0.3, -0.25) is 4.79 Å². The number of rotatable bonds is 2. The normalized spacial score (nSPS) is 32.6. The summed E-state index contributed by atoms with van der Waals surface area (Å²) in [7, 11) is -4.14. The molecule has 0 radical (unpaired) electrons. The molecule has 1 spiro atoms. The third-order valence-corrected chi connectivity index (χ3v) is 12.0. The number of amides is 1. The highest BCUT2D eigenvalue weighted by Crippen LogP contribution is 2.46. The molecular weight excluding hydrogens is 602 g/mol. The summed E-state index contributed by atoms with van der Waals surface area (Å²) in [6.45, 7) is 2.83. The summed E-state index contributed by atoms with van der Waals surface area (Å²) in [4.78, 5) is 15.8. The van der Waals surface area contributed by atoms with Crippen molar-refractivity contribution in [3.63, 3.8) is 0 Å². The second kappa shape index (κ2) is 11.9. The molecule has 2 aromatic rings. The number of fused-ring (bicyclic) bond motifs is 4. The van der Waals surface area contributed by atoms with Crippen LogP contribution >= 0.6 is 11.6 Å². The first kappa shape index (κ1) is 30.0. The van der Waals surface area contributed by atoms with Gasteiger partial charge in [-0.1, -0.05) is 29.8 Å². The third kappa shape index (κ3) is 5.75. The minimum atomic E-state index is -4.14. The number of carbonyl (C=O) groups excluding carboxylic acids is 1. The Labute approximate surface area is 264 Å². The van der Waals surface area contributed by atoms with Gasteiger partial charge in [-0.15, -0.1) is 0 Å². The van der Waals surface area contributed by atoms with Crippen LogP contribution in [0.15, 0.2) is 48.6 Å². The first-order chi connectivity index (χ1) is 21.2. The summed E-state index contributed by atoms with van der Waals surface area (Å²) in [5.41, 5.74) is 3.25. The minimum absolute atomic E-state index is 0.106. The summed E-state index contributed by atoms with van der Waals surface area (Å²) in [5.74, 6) is 0.367. The molecule has 1 saturated carbocycles. The fraction of sp³-hybridized carbons (Fsp3) is 0.545. The predicted octanol–water partition coefficient (Wildman–Crippen LogP) is 4.23. The molecule has 2 fully saturated rings. The van der Waals surface area contributed by atoms with E-state index in [4.69, 9.17) is 21.1 Å². The molecule has 11 heteroatoms. The highest BCUT2D eigenvalue weighted by molar-refractivity contribution is 7.87. The van der Waals surface area contributed by atoms with Crippen LogP contribution in [-0.2, 0) is 26.8 Å². The van der Waals surface area contributed by atoms with Crippen molar-refractivity contribution in [1.82, 2.24) is 9.03 Å². The fourth-order valence-electron chi connectivity index (χ4n) is 7.61. The van der Waals surface area contributed by atoms with Crippen molar-refractivity contribution in [2.24, 2.45) is 11.8 Å². The van der Waals surface area contributed by atoms with Gasteiger partial charge in [0.1, 0.15) is 5.75 Å². The number of aryl methyl sites for hydroxylation is 1. The summed E-state index contributed by atoms with van der Waals surface area (Å²) in [6, 6.07) is 11.3. The lowest BCUT2D eigenvalue weighted by atomic mass is 9.68. The highest BCUT2D eigenvalue weighted by atomic mass is 35.5. The van der Waals surface area contributed by atoms with Crippen molar-refractivity contribution in [2.75, 3.05) is 44.3 Å². The van der Waals surface area contributed by atoms with Gasteiger partial charge in [-0.25, -0.2) is 4.72 Å². The van der Waals surface area contributed by atoms with E-state index in [1.54, 1.807) is 18.2 Å². The van der Waals surface area contributed by atoms with Gasteiger partial charge in [-0.05, 0) is 98.2 Å². The van der Waals surface area contributed by atoms with Crippen LogP contribution < -0.4 is 14.4 Å². The molecule has 1 amide bonds. The van der Waals surface area contributed by atoms with E-state index >= 15 is 0 Å². The number of benzene rings is 2. The Bertz CT molecular complexity index is 1560. The number of nitrogens with one attached hydrogen (secondary N) is 1. The van der Waals surface area contributed by atoms with Gasteiger partial charge < -0.3 is 19.5 Å². The van der Waals surface area contributed by atoms with Gasteiger partial charge in [0, 0.05) is 48.8 Å². The molecule has 1 unspecified atom stereocenters. The van der Waals surface area contributed by atoms with E-state index < -0.39 is 22.2 Å². The smallest absolute Gasteiger partial charge is 0.304 e. The first-order valence-electron chi connectivity index (χ1n) is 15.8. The van der Waals surface area contributed by atoms with Crippen LogP contribution in [0.25, 0.3) is 0 Å². The van der Waals surface area contributed by atoms with E-state index in [2.05, 4.69) is 21.8 Å². The van der Waals surface area contributed by atoms with Crippen LogP contribution in [0, 0.1) is 11.8 Å². The molecule has 2 aromatic carbocycles. The van der Waals surface area contributed by atoms with Gasteiger partial charge in [-0.2, -0.15) is 12.7 Å². The Morgan fingerprint density at radius 1 is 1.14 bits per heavy atom. The number of carbonyl (C=O) groups is 1. The van der Waals surface area contributed by atoms with Crippen molar-refractivity contribution in [3.8, 4) is 5.75 Å². The topological polar surface area (TPSA) is 108 Å². The van der Waals surface area contributed by atoms with Crippen LogP contribution in [-0.4, -0.2) is 75.3 Å². The highest BCUT2D eigenvalue weighted by Gasteiger charge is 2.44. The molecule has 3 heterocycles. The molecule has 3 aliphatic heterocycles. The van der Waals surface area contributed by atoms with Gasteiger partial charge in [0.25, 0.3) is 5.91 Å². The molecule has 9 nitrogen and oxygen atoms in total. The number of hydrogen-bond donors (Lipinski definition) is 2. The zero-order valence-electron chi connectivity index (χ0n) is 24.8. The second-order valence-corrected chi connectivity index (χ2v) is 15.2. The molecule has 5 atom stereocenters. The monoisotopic (exact) mass is 641 g/mol. The first-order valence-corrected chi connectivity index (χ1v) is 17.6. The quantitative estimate of drug-likeness (QED) is 0.473. The fourth-order valence-corrected chi connectivity index (χ4v) is 9.00. The van der Waals surface area contributed by atoms with Crippen molar-refractivity contribution in [3.05, 3.63) is 70.3 Å². The van der Waals surface area contributed by atoms with E-state index in [1.165, 1.54) is 15.4 Å². The molecule has 236 valence electrons. The van der Waals surface area contributed by atoms with Crippen LogP contribution in [0.4, 0.5) is 5.69 Å². The van der Waals surface area contributed by atoms with Crippen molar-refractivity contribution in [1.29, 1.82) is 0 Å². The van der Waals surface area contributed by atoms with Crippen LogP contribution in [0.1, 0.15) is 60.0 Å². The predicted molar refractivity (Wildman–Crippen MR) is 169 cm³/mol. The number of ether oxygens (including phenoxy) is 2. The van der Waals surface area contributed by atoms with Gasteiger partial charge in [0.2, 0.25) is 0 Å². The average Bonchev–Trinajstić information content (AvgIpc) is 3.10. The molecule has 1 saturated heterocycles. The lowest BCUT2D eigenvalue weighted by Gasteiger charge is -2.45. The molecule has 44 heavy (non-hydrogen) atoms. The molecule has 0 aromatic heterocycles. The van der Waals surface area contributed by atoms with E-state index in [0.29, 0.717) is 38.5 Å². The van der Waals surface area contributed by atoms with Crippen LogP contribution in [0.5, 0.6) is 5.75 Å². The van der Waals surface area contributed by atoms with E-state index in [0.717, 1.165) is 49.2 Å².